The third-order valence-electron chi connectivity index (χ3n) is 3.00. The first kappa shape index (κ1) is 14.5. The first-order valence-corrected chi connectivity index (χ1v) is 8.38. The molecule has 104 valence electrons. The number of nitrogens with one attached hydrogen (secondary N) is 1. The summed E-state index contributed by atoms with van der Waals surface area (Å²) in [6, 6.07) is 4.30. The normalized spacial score (nSPS) is 10.9. The van der Waals surface area contributed by atoms with Crippen LogP contribution in [0.25, 0.3) is 0 Å². The monoisotopic (exact) mass is 295 g/mol. The molecule has 0 spiro atoms. The van der Waals surface area contributed by atoms with Crippen LogP contribution >= 0.6 is 22.7 Å². The van der Waals surface area contributed by atoms with Crippen LogP contribution in [0.15, 0.2) is 17.5 Å². The van der Waals surface area contributed by atoms with Crippen LogP contribution in [-0.4, -0.2) is 18.1 Å². The third-order valence-corrected chi connectivity index (χ3v) is 5.08. The molecule has 0 aliphatic carbocycles. The Kier molecular flexibility index (Phi) is 5.36. The van der Waals surface area contributed by atoms with Crippen LogP contribution in [0, 0.1) is 6.92 Å². The number of anilines is 1. The molecule has 0 saturated heterocycles. The summed E-state index contributed by atoms with van der Waals surface area (Å²) in [6.45, 7) is 10.3. The van der Waals surface area contributed by atoms with Crippen molar-refractivity contribution in [1.29, 1.82) is 0 Å². The molecule has 2 rings (SSSR count). The van der Waals surface area contributed by atoms with E-state index in [0.29, 0.717) is 0 Å². The Bertz CT molecular complexity index is 491. The van der Waals surface area contributed by atoms with Crippen LogP contribution in [0.4, 0.5) is 5.13 Å². The van der Waals surface area contributed by atoms with Gasteiger partial charge >= 0.3 is 0 Å². The quantitative estimate of drug-likeness (QED) is 0.845. The molecule has 2 aromatic heterocycles. The van der Waals surface area contributed by atoms with Crippen LogP contribution in [0.3, 0.4) is 0 Å². The molecule has 5 heteroatoms. The van der Waals surface area contributed by atoms with Gasteiger partial charge < -0.3 is 10.2 Å². The molecule has 0 saturated carbocycles. The average molecular weight is 295 g/mol. The maximum absolute atomic E-state index is 4.72. The predicted octanol–water partition coefficient (Wildman–Crippen LogP) is 3.65. The Hall–Kier alpha value is -0.910. The molecule has 2 aromatic rings. The lowest BCUT2D eigenvalue weighted by Gasteiger charge is -2.18. The summed E-state index contributed by atoms with van der Waals surface area (Å²) in [5, 5.41) is 6.65. The van der Waals surface area contributed by atoms with Gasteiger partial charge in [-0.25, -0.2) is 4.98 Å². The van der Waals surface area contributed by atoms with Crippen molar-refractivity contribution in [2.75, 3.05) is 18.0 Å². The number of aromatic nitrogens is 1. The van der Waals surface area contributed by atoms with Crippen molar-refractivity contribution in [2.24, 2.45) is 0 Å². The number of hydrogen-bond donors (Lipinski definition) is 1. The Morgan fingerprint density at radius 2 is 2.21 bits per heavy atom. The lowest BCUT2D eigenvalue weighted by molar-refractivity contribution is 0.731. The maximum Gasteiger partial charge on any atom is 0.186 e. The lowest BCUT2D eigenvalue weighted by atomic mass is 10.4. The van der Waals surface area contributed by atoms with E-state index < -0.39 is 0 Å². The van der Waals surface area contributed by atoms with Crippen LogP contribution in [-0.2, 0) is 13.1 Å². The standard InChI is InChI=1S/C14H21N3S2/c1-4-15-9-13-11(3)16-14(19-13)17(5-2)10-12-7-6-8-18-12/h6-8,15H,4-5,9-10H2,1-3H3. The van der Waals surface area contributed by atoms with E-state index in [2.05, 4.69) is 48.5 Å². The Balaban J connectivity index is 2.09. The van der Waals surface area contributed by atoms with Crippen molar-refractivity contribution in [3.05, 3.63) is 33.0 Å². The molecule has 0 atom stereocenters. The number of hydrogen-bond acceptors (Lipinski definition) is 5. The average Bonchev–Trinajstić information content (AvgIpc) is 3.03. The Morgan fingerprint density at radius 1 is 1.37 bits per heavy atom. The highest BCUT2D eigenvalue weighted by molar-refractivity contribution is 7.15. The predicted molar refractivity (Wildman–Crippen MR) is 85.3 cm³/mol. The van der Waals surface area contributed by atoms with Crippen molar-refractivity contribution in [3.63, 3.8) is 0 Å². The SMILES string of the molecule is CCNCc1sc(N(CC)Cc2cccs2)nc1C. The fourth-order valence-corrected chi connectivity index (χ4v) is 3.67. The van der Waals surface area contributed by atoms with Crippen molar-refractivity contribution < 1.29 is 0 Å². The number of nitrogens with zero attached hydrogens (tertiary/aromatic N) is 2. The van der Waals surface area contributed by atoms with Gasteiger partial charge in [0.1, 0.15) is 0 Å². The second-order valence-corrected chi connectivity index (χ2v) is 6.47. The fourth-order valence-electron chi connectivity index (χ4n) is 1.86. The van der Waals surface area contributed by atoms with Crippen molar-refractivity contribution in [3.8, 4) is 0 Å². The highest BCUT2D eigenvalue weighted by Gasteiger charge is 2.13. The second kappa shape index (κ2) is 7.03. The molecule has 1 N–H and O–H groups in total. The molecule has 0 aliphatic rings. The van der Waals surface area contributed by atoms with Crippen LogP contribution in [0.5, 0.6) is 0 Å². The topological polar surface area (TPSA) is 28.2 Å². The molecule has 0 fully saturated rings. The number of rotatable bonds is 7. The molecule has 0 aliphatic heterocycles. The van der Waals surface area contributed by atoms with E-state index in [1.807, 2.05) is 22.7 Å². The van der Waals surface area contributed by atoms with Gasteiger partial charge in [-0.1, -0.05) is 13.0 Å². The molecule has 0 aromatic carbocycles. The van der Waals surface area contributed by atoms with Crippen LogP contribution in [0.2, 0.25) is 0 Å². The summed E-state index contributed by atoms with van der Waals surface area (Å²) in [5.41, 5.74) is 1.16. The Labute approximate surface area is 123 Å². The minimum atomic E-state index is 0.927. The fraction of sp³-hybridized carbons (Fsp3) is 0.500. The highest BCUT2D eigenvalue weighted by Crippen LogP contribution is 2.27. The van der Waals surface area contributed by atoms with E-state index in [0.717, 1.165) is 37.0 Å². The van der Waals surface area contributed by atoms with Gasteiger partial charge in [-0.05, 0) is 31.8 Å². The summed E-state index contributed by atoms with van der Waals surface area (Å²) < 4.78 is 0. The molecular formula is C14H21N3S2. The summed E-state index contributed by atoms with van der Waals surface area (Å²) in [4.78, 5) is 9.81. The molecular weight excluding hydrogens is 274 g/mol. The minimum absolute atomic E-state index is 0.927. The van der Waals surface area contributed by atoms with Gasteiger partial charge in [-0.3, -0.25) is 0 Å². The maximum atomic E-state index is 4.72. The molecule has 19 heavy (non-hydrogen) atoms. The van der Waals surface area contributed by atoms with Crippen molar-refractivity contribution >= 4 is 27.8 Å². The van der Waals surface area contributed by atoms with Crippen molar-refractivity contribution in [1.82, 2.24) is 10.3 Å². The molecule has 0 unspecified atom stereocenters. The lowest BCUT2D eigenvalue weighted by Crippen LogP contribution is -2.21. The van der Waals surface area contributed by atoms with Crippen LogP contribution in [0.1, 0.15) is 29.3 Å². The zero-order valence-electron chi connectivity index (χ0n) is 11.8. The first-order valence-electron chi connectivity index (χ1n) is 6.69. The molecule has 2 heterocycles. The minimum Gasteiger partial charge on any atom is -0.343 e. The van der Waals surface area contributed by atoms with Gasteiger partial charge in [0.15, 0.2) is 5.13 Å². The van der Waals surface area contributed by atoms with Gasteiger partial charge in [0, 0.05) is 22.8 Å². The first-order chi connectivity index (χ1) is 9.24. The zero-order chi connectivity index (χ0) is 13.7. The zero-order valence-corrected chi connectivity index (χ0v) is 13.4. The van der Waals surface area contributed by atoms with Gasteiger partial charge in [-0.15, -0.1) is 22.7 Å². The Morgan fingerprint density at radius 3 is 2.84 bits per heavy atom. The summed E-state index contributed by atoms with van der Waals surface area (Å²) >= 11 is 3.62. The number of aryl methyl sites for hydroxylation is 1. The summed E-state index contributed by atoms with van der Waals surface area (Å²) in [7, 11) is 0. The third kappa shape index (κ3) is 3.78. The second-order valence-electron chi connectivity index (χ2n) is 4.38. The molecule has 3 nitrogen and oxygen atoms in total. The molecule has 0 amide bonds. The number of thiophene rings is 1. The van der Waals surface area contributed by atoms with Crippen LogP contribution < -0.4 is 10.2 Å². The highest BCUT2D eigenvalue weighted by atomic mass is 32.1. The molecule has 0 radical (unpaired) electrons. The van der Waals surface area contributed by atoms with Gasteiger partial charge in [0.05, 0.1) is 12.2 Å². The molecule has 0 bridgehead atoms. The van der Waals surface area contributed by atoms with Gasteiger partial charge in [-0.2, -0.15) is 0 Å². The van der Waals surface area contributed by atoms with E-state index in [1.165, 1.54) is 9.75 Å². The van der Waals surface area contributed by atoms with E-state index in [9.17, 15) is 0 Å². The smallest absolute Gasteiger partial charge is 0.186 e. The van der Waals surface area contributed by atoms with E-state index >= 15 is 0 Å². The van der Waals surface area contributed by atoms with Crippen molar-refractivity contribution in [2.45, 2.75) is 33.9 Å². The summed E-state index contributed by atoms with van der Waals surface area (Å²) in [6.07, 6.45) is 0. The van der Waals surface area contributed by atoms with E-state index in [1.54, 1.807) is 0 Å². The number of thiazole rings is 1. The largest absolute Gasteiger partial charge is 0.343 e. The van der Waals surface area contributed by atoms with Gasteiger partial charge in [0.2, 0.25) is 0 Å². The van der Waals surface area contributed by atoms with E-state index in [4.69, 9.17) is 4.98 Å². The van der Waals surface area contributed by atoms with Gasteiger partial charge in [0.25, 0.3) is 0 Å². The summed E-state index contributed by atoms with van der Waals surface area (Å²) in [5.74, 6) is 0. The van der Waals surface area contributed by atoms with E-state index in [-0.39, 0.29) is 0 Å².